The molecule has 2 N–H and O–H groups in total. The van der Waals surface area contributed by atoms with Gasteiger partial charge in [0.15, 0.2) is 12.6 Å². The molecular formula is C5H6O4. The monoisotopic (exact) mass is 130 g/mol. The zero-order chi connectivity index (χ0) is 6.91. The number of aldehydes is 1. The highest BCUT2D eigenvalue weighted by Crippen LogP contribution is 2.15. The molecule has 1 aliphatic rings. The Kier molecular flexibility index (Phi) is 1.36. The fraction of sp³-hybridized carbons (Fsp3) is 0.400. The van der Waals surface area contributed by atoms with E-state index >= 15 is 0 Å². The Morgan fingerprint density at radius 2 is 2.44 bits per heavy atom. The normalized spacial score (nSPS) is 41.3. The average Bonchev–Trinajstić information content (AvgIpc) is 2.13. The zero-order valence-electron chi connectivity index (χ0n) is 4.52. The summed E-state index contributed by atoms with van der Waals surface area (Å²) in [7, 11) is 0. The zero-order valence-corrected chi connectivity index (χ0v) is 4.52. The molecule has 0 aromatic rings. The number of aliphatic hydroxyl groups is 2. The van der Waals surface area contributed by atoms with E-state index < -0.39 is 12.1 Å². The number of carbonyl (C=O) groups is 1. The topological polar surface area (TPSA) is 66.8 Å². The lowest BCUT2D eigenvalue weighted by Crippen LogP contribution is -2.30. The molecule has 0 fully saturated rings. The van der Waals surface area contributed by atoms with Gasteiger partial charge in [-0.05, 0) is 12.2 Å². The lowest BCUT2D eigenvalue weighted by Gasteiger charge is -2.12. The molecule has 4 nitrogen and oxygen atoms in total. The number of carbonyl (C=O) groups excluding carboxylic acids is 1. The minimum atomic E-state index is -1.90. The van der Waals surface area contributed by atoms with E-state index in [1.54, 1.807) is 0 Å². The second kappa shape index (κ2) is 1.91. The van der Waals surface area contributed by atoms with Crippen molar-refractivity contribution in [1.29, 1.82) is 0 Å². The molecule has 0 bridgehead atoms. The summed E-state index contributed by atoms with van der Waals surface area (Å²) in [5.41, 5.74) is 0. The number of aliphatic hydroxyl groups excluding tert-OH is 1. The second-order valence-corrected chi connectivity index (χ2v) is 1.74. The van der Waals surface area contributed by atoms with Gasteiger partial charge < -0.3 is 14.9 Å². The van der Waals surface area contributed by atoms with E-state index in [4.69, 9.17) is 10.2 Å². The van der Waals surface area contributed by atoms with Crippen molar-refractivity contribution in [3.63, 3.8) is 0 Å². The van der Waals surface area contributed by atoms with Crippen LogP contribution in [0.15, 0.2) is 12.2 Å². The lowest BCUT2D eigenvalue weighted by molar-refractivity contribution is -0.208. The molecule has 50 valence electrons. The molecule has 0 radical (unpaired) electrons. The van der Waals surface area contributed by atoms with Crippen molar-refractivity contribution in [3.05, 3.63) is 12.2 Å². The van der Waals surface area contributed by atoms with Gasteiger partial charge in [0, 0.05) is 0 Å². The van der Waals surface area contributed by atoms with Crippen molar-refractivity contribution in [3.8, 4) is 0 Å². The molecule has 1 rings (SSSR count). The van der Waals surface area contributed by atoms with Crippen molar-refractivity contribution in [2.75, 3.05) is 0 Å². The number of hydrogen-bond donors (Lipinski definition) is 2. The molecule has 0 amide bonds. The molecule has 1 heterocycles. The van der Waals surface area contributed by atoms with Gasteiger partial charge in [-0.15, -0.1) is 0 Å². The minimum absolute atomic E-state index is 0.208. The third kappa shape index (κ3) is 1.16. The Morgan fingerprint density at radius 3 is 2.67 bits per heavy atom. The minimum Gasteiger partial charge on any atom is -0.365 e. The van der Waals surface area contributed by atoms with Crippen molar-refractivity contribution < 1.29 is 19.7 Å². The van der Waals surface area contributed by atoms with Crippen LogP contribution >= 0.6 is 0 Å². The van der Waals surface area contributed by atoms with E-state index in [0.29, 0.717) is 0 Å². The molecule has 0 saturated carbocycles. The molecule has 9 heavy (non-hydrogen) atoms. The fourth-order valence-corrected chi connectivity index (χ4v) is 0.559. The predicted molar refractivity (Wildman–Crippen MR) is 27.2 cm³/mol. The van der Waals surface area contributed by atoms with E-state index in [1.165, 1.54) is 6.08 Å². The highest BCUT2D eigenvalue weighted by molar-refractivity contribution is 5.63. The largest absolute Gasteiger partial charge is 0.365 e. The van der Waals surface area contributed by atoms with Crippen molar-refractivity contribution >= 4 is 6.29 Å². The quantitative estimate of drug-likeness (QED) is 0.345. The van der Waals surface area contributed by atoms with Gasteiger partial charge >= 0.3 is 0 Å². The van der Waals surface area contributed by atoms with Gasteiger partial charge in [0.1, 0.15) is 0 Å². The van der Waals surface area contributed by atoms with Crippen molar-refractivity contribution in [1.82, 2.24) is 0 Å². The number of ether oxygens (including phenoxy) is 1. The SMILES string of the molecule is O=CC1(O)C=CC(O)O1. The average molecular weight is 130 g/mol. The van der Waals surface area contributed by atoms with Crippen LogP contribution in [0, 0.1) is 0 Å². The summed E-state index contributed by atoms with van der Waals surface area (Å²) >= 11 is 0. The molecule has 0 aliphatic carbocycles. The molecule has 0 spiro atoms. The third-order valence-corrected chi connectivity index (χ3v) is 0.978. The maximum atomic E-state index is 9.94. The lowest BCUT2D eigenvalue weighted by atomic mass is 10.3. The first-order valence-electron chi connectivity index (χ1n) is 2.40. The first-order valence-corrected chi connectivity index (χ1v) is 2.40. The maximum absolute atomic E-state index is 9.94. The molecule has 2 atom stereocenters. The first kappa shape index (κ1) is 6.41. The van der Waals surface area contributed by atoms with Gasteiger partial charge in [0.2, 0.25) is 5.79 Å². The summed E-state index contributed by atoms with van der Waals surface area (Å²) in [6, 6.07) is 0. The highest BCUT2D eigenvalue weighted by atomic mass is 16.7. The van der Waals surface area contributed by atoms with Crippen LogP contribution in [0.2, 0.25) is 0 Å². The standard InChI is InChI=1S/C5H6O4/c6-3-5(8)2-1-4(7)9-5/h1-4,7-8H. The van der Waals surface area contributed by atoms with Gasteiger partial charge in [-0.1, -0.05) is 0 Å². The van der Waals surface area contributed by atoms with Crippen LogP contribution in [-0.2, 0) is 9.53 Å². The van der Waals surface area contributed by atoms with Crippen LogP contribution < -0.4 is 0 Å². The van der Waals surface area contributed by atoms with Gasteiger partial charge in [-0.2, -0.15) is 0 Å². The molecule has 0 saturated heterocycles. The van der Waals surface area contributed by atoms with Crippen LogP contribution in [-0.4, -0.2) is 28.6 Å². The van der Waals surface area contributed by atoms with Crippen molar-refractivity contribution in [2.45, 2.75) is 12.1 Å². The van der Waals surface area contributed by atoms with E-state index in [1.807, 2.05) is 0 Å². The Morgan fingerprint density at radius 1 is 1.78 bits per heavy atom. The summed E-state index contributed by atoms with van der Waals surface area (Å²) in [4.78, 5) is 9.94. The van der Waals surface area contributed by atoms with Gasteiger partial charge in [0.05, 0.1) is 0 Å². The summed E-state index contributed by atoms with van der Waals surface area (Å²) in [5.74, 6) is -1.90. The van der Waals surface area contributed by atoms with Crippen LogP contribution in [0.5, 0.6) is 0 Å². The molecule has 0 aromatic carbocycles. The summed E-state index contributed by atoms with van der Waals surface area (Å²) in [6.07, 6.45) is 1.32. The van der Waals surface area contributed by atoms with Gasteiger partial charge in [0.25, 0.3) is 0 Å². The van der Waals surface area contributed by atoms with E-state index in [9.17, 15) is 4.79 Å². The van der Waals surface area contributed by atoms with Gasteiger partial charge in [-0.25, -0.2) is 0 Å². The number of hydrogen-bond acceptors (Lipinski definition) is 4. The Labute approximate surface area is 51.4 Å². The molecular weight excluding hydrogens is 124 g/mol. The molecule has 4 heteroatoms. The van der Waals surface area contributed by atoms with E-state index in [0.717, 1.165) is 6.08 Å². The fourth-order valence-electron chi connectivity index (χ4n) is 0.559. The summed E-state index contributed by atoms with van der Waals surface area (Å²) in [5, 5.41) is 17.4. The smallest absolute Gasteiger partial charge is 0.246 e. The number of rotatable bonds is 1. The van der Waals surface area contributed by atoms with E-state index in [-0.39, 0.29) is 6.29 Å². The van der Waals surface area contributed by atoms with Gasteiger partial charge in [-0.3, -0.25) is 4.79 Å². The van der Waals surface area contributed by atoms with Crippen LogP contribution in [0.1, 0.15) is 0 Å². The van der Waals surface area contributed by atoms with Crippen LogP contribution in [0.3, 0.4) is 0 Å². The summed E-state index contributed by atoms with van der Waals surface area (Å²) < 4.78 is 4.33. The second-order valence-electron chi connectivity index (χ2n) is 1.74. The Balaban J connectivity index is 2.67. The van der Waals surface area contributed by atoms with Crippen molar-refractivity contribution in [2.24, 2.45) is 0 Å². The van der Waals surface area contributed by atoms with Crippen LogP contribution in [0.25, 0.3) is 0 Å². The highest BCUT2D eigenvalue weighted by Gasteiger charge is 2.31. The van der Waals surface area contributed by atoms with Crippen LogP contribution in [0.4, 0.5) is 0 Å². The molecule has 2 unspecified atom stereocenters. The molecule has 0 aromatic heterocycles. The third-order valence-electron chi connectivity index (χ3n) is 0.978. The Bertz CT molecular complexity index is 153. The summed E-state index contributed by atoms with van der Waals surface area (Å²) in [6.45, 7) is 0. The van der Waals surface area contributed by atoms with E-state index in [2.05, 4.69) is 4.74 Å². The Hall–Kier alpha value is -0.710. The first-order chi connectivity index (χ1) is 4.16. The molecule has 1 aliphatic heterocycles. The predicted octanol–water partition coefficient (Wildman–Crippen LogP) is -1.22. The maximum Gasteiger partial charge on any atom is 0.246 e.